The first kappa shape index (κ1) is 15.6. The third kappa shape index (κ3) is 5.46. The Hall–Kier alpha value is -0.450. The minimum Gasteiger partial charge on any atom is -0.307 e. The Kier molecular flexibility index (Phi) is 7.47. The Bertz CT molecular complexity index is 296. The van der Waals surface area contributed by atoms with Crippen LogP contribution in [0.4, 0.5) is 0 Å². The van der Waals surface area contributed by atoms with E-state index in [0.29, 0.717) is 12.1 Å². The summed E-state index contributed by atoms with van der Waals surface area (Å²) in [4.78, 5) is 7.94. The van der Waals surface area contributed by atoms with E-state index in [-0.39, 0.29) is 0 Å². The van der Waals surface area contributed by atoms with E-state index in [9.17, 15) is 0 Å². The molecule has 2 unspecified atom stereocenters. The second kappa shape index (κ2) is 8.62. The van der Waals surface area contributed by atoms with Gasteiger partial charge in [-0.1, -0.05) is 13.8 Å². The lowest BCUT2D eigenvalue weighted by atomic mass is 10.1. The zero-order valence-corrected chi connectivity index (χ0v) is 13.0. The lowest BCUT2D eigenvalue weighted by Crippen LogP contribution is -2.30. The van der Waals surface area contributed by atoms with E-state index in [2.05, 4.69) is 42.9 Å². The lowest BCUT2D eigenvalue weighted by molar-refractivity contribution is 0.288. The molecule has 0 saturated heterocycles. The molecule has 1 heterocycles. The summed E-state index contributed by atoms with van der Waals surface area (Å²) in [5.41, 5.74) is 1.90. The summed E-state index contributed by atoms with van der Waals surface area (Å²) in [6, 6.07) is 0.985. The fraction of sp³-hybridized carbons (Fsp3) is 0.786. The van der Waals surface area contributed by atoms with E-state index < -0.39 is 0 Å². The molecule has 1 N–H and O–H groups in total. The van der Waals surface area contributed by atoms with Gasteiger partial charge in [0, 0.05) is 23.2 Å². The molecule has 0 aromatic carbocycles. The van der Waals surface area contributed by atoms with Crippen LogP contribution in [-0.2, 0) is 0 Å². The van der Waals surface area contributed by atoms with Crippen LogP contribution in [0.25, 0.3) is 0 Å². The van der Waals surface area contributed by atoms with Crippen molar-refractivity contribution >= 4 is 11.3 Å². The number of hydrogen-bond acceptors (Lipinski definition) is 4. The number of aromatic nitrogens is 1. The van der Waals surface area contributed by atoms with Crippen LogP contribution in [0.1, 0.15) is 51.5 Å². The Balaban J connectivity index is 2.19. The maximum atomic E-state index is 4.13. The smallest absolute Gasteiger partial charge is 0.0794 e. The molecular weight excluding hydrogens is 242 g/mol. The maximum Gasteiger partial charge on any atom is 0.0794 e. The average molecular weight is 269 g/mol. The van der Waals surface area contributed by atoms with Gasteiger partial charge in [-0.3, -0.25) is 4.98 Å². The molecule has 4 heteroatoms. The maximum absolute atomic E-state index is 4.13. The van der Waals surface area contributed by atoms with Crippen molar-refractivity contribution in [2.45, 2.75) is 52.6 Å². The summed E-state index contributed by atoms with van der Waals surface area (Å²) in [5, 5.41) is 3.64. The van der Waals surface area contributed by atoms with Gasteiger partial charge in [-0.05, 0) is 46.3 Å². The van der Waals surface area contributed by atoms with Crippen LogP contribution in [0.3, 0.4) is 0 Å². The van der Waals surface area contributed by atoms with Crippen molar-refractivity contribution in [1.82, 2.24) is 15.2 Å². The highest BCUT2D eigenvalue weighted by molar-refractivity contribution is 7.09. The van der Waals surface area contributed by atoms with Gasteiger partial charge in [0.15, 0.2) is 0 Å². The normalized spacial score (nSPS) is 14.9. The first-order valence-electron chi connectivity index (χ1n) is 7.04. The zero-order chi connectivity index (χ0) is 13.4. The highest BCUT2D eigenvalue weighted by atomic mass is 32.1. The molecule has 0 fully saturated rings. The monoisotopic (exact) mass is 269 g/mol. The van der Waals surface area contributed by atoms with Crippen molar-refractivity contribution in [3.8, 4) is 0 Å². The van der Waals surface area contributed by atoms with E-state index in [1.54, 1.807) is 11.3 Å². The van der Waals surface area contributed by atoms with Gasteiger partial charge in [-0.2, -0.15) is 0 Å². The molecular formula is C14H27N3S. The third-order valence-corrected chi connectivity index (χ3v) is 4.38. The van der Waals surface area contributed by atoms with Gasteiger partial charge in [0.05, 0.1) is 5.51 Å². The van der Waals surface area contributed by atoms with Crippen molar-refractivity contribution in [3.63, 3.8) is 0 Å². The molecule has 1 aromatic heterocycles. The summed E-state index contributed by atoms with van der Waals surface area (Å²) in [5.74, 6) is 0. The van der Waals surface area contributed by atoms with Crippen LogP contribution >= 0.6 is 11.3 Å². The van der Waals surface area contributed by atoms with Crippen molar-refractivity contribution in [1.29, 1.82) is 0 Å². The molecule has 1 rings (SSSR count). The average Bonchev–Trinajstić information content (AvgIpc) is 2.88. The topological polar surface area (TPSA) is 28.2 Å². The van der Waals surface area contributed by atoms with E-state index in [4.69, 9.17) is 0 Å². The molecule has 0 radical (unpaired) electrons. The van der Waals surface area contributed by atoms with Gasteiger partial charge in [-0.25, -0.2) is 0 Å². The molecule has 1 aromatic rings. The number of hydrogen-bond donors (Lipinski definition) is 1. The molecule has 0 aliphatic rings. The van der Waals surface area contributed by atoms with E-state index >= 15 is 0 Å². The lowest BCUT2D eigenvalue weighted by Gasteiger charge is -2.21. The zero-order valence-electron chi connectivity index (χ0n) is 12.1. The van der Waals surface area contributed by atoms with E-state index in [1.165, 1.54) is 24.3 Å². The summed E-state index contributed by atoms with van der Waals surface area (Å²) < 4.78 is 0. The first-order valence-corrected chi connectivity index (χ1v) is 7.92. The minimum atomic E-state index is 0.418. The summed E-state index contributed by atoms with van der Waals surface area (Å²) in [6.45, 7) is 12.5. The predicted molar refractivity (Wildman–Crippen MR) is 80.1 cm³/mol. The Morgan fingerprint density at radius 3 is 2.61 bits per heavy atom. The molecule has 104 valence electrons. The number of nitrogens with zero attached hydrogens (tertiary/aromatic N) is 2. The van der Waals surface area contributed by atoms with Gasteiger partial charge in [0.1, 0.15) is 0 Å². The molecule has 0 amide bonds. The van der Waals surface area contributed by atoms with Crippen LogP contribution in [0.15, 0.2) is 11.7 Å². The van der Waals surface area contributed by atoms with Crippen LogP contribution in [0, 0.1) is 0 Å². The number of rotatable bonds is 9. The molecule has 0 bridgehead atoms. The fourth-order valence-electron chi connectivity index (χ4n) is 2.19. The quantitative estimate of drug-likeness (QED) is 0.745. The highest BCUT2D eigenvalue weighted by Crippen LogP contribution is 2.17. The molecule has 0 saturated carbocycles. The molecule has 0 spiro atoms. The Morgan fingerprint density at radius 1 is 1.33 bits per heavy atom. The number of nitrogens with one attached hydrogen (secondary N) is 1. The second-order valence-corrected chi connectivity index (χ2v) is 5.78. The van der Waals surface area contributed by atoms with Crippen molar-refractivity contribution in [2.24, 2.45) is 0 Å². The Morgan fingerprint density at radius 2 is 2.06 bits per heavy atom. The van der Waals surface area contributed by atoms with Crippen molar-refractivity contribution in [2.75, 3.05) is 19.6 Å². The van der Waals surface area contributed by atoms with Crippen molar-refractivity contribution in [3.05, 3.63) is 16.6 Å². The predicted octanol–water partition coefficient (Wildman–Crippen LogP) is 3.30. The Labute approximate surface area is 116 Å². The fourth-order valence-corrected chi connectivity index (χ4v) is 2.83. The van der Waals surface area contributed by atoms with Gasteiger partial charge in [0.2, 0.25) is 0 Å². The van der Waals surface area contributed by atoms with Crippen LogP contribution in [0.2, 0.25) is 0 Å². The van der Waals surface area contributed by atoms with Gasteiger partial charge in [0.25, 0.3) is 0 Å². The van der Waals surface area contributed by atoms with Crippen LogP contribution < -0.4 is 5.32 Å². The minimum absolute atomic E-state index is 0.418. The van der Waals surface area contributed by atoms with E-state index in [0.717, 1.165) is 13.1 Å². The largest absolute Gasteiger partial charge is 0.307 e. The first-order chi connectivity index (χ1) is 8.67. The van der Waals surface area contributed by atoms with Crippen LogP contribution in [0.5, 0.6) is 0 Å². The van der Waals surface area contributed by atoms with Crippen molar-refractivity contribution < 1.29 is 0 Å². The second-order valence-electron chi connectivity index (χ2n) is 4.86. The molecule has 0 aliphatic carbocycles. The van der Waals surface area contributed by atoms with E-state index in [1.807, 2.05) is 11.7 Å². The van der Waals surface area contributed by atoms with Gasteiger partial charge in [-0.15, -0.1) is 11.3 Å². The van der Waals surface area contributed by atoms with Gasteiger partial charge < -0.3 is 10.2 Å². The standard InChI is InChI=1S/C14H27N3S/c1-5-17(6-2)9-7-8-12(3)16-13(4)14-10-15-11-18-14/h10-13,16H,5-9H2,1-4H3. The number of thiazole rings is 1. The summed E-state index contributed by atoms with van der Waals surface area (Å²) >= 11 is 1.73. The molecule has 18 heavy (non-hydrogen) atoms. The molecule has 3 nitrogen and oxygen atoms in total. The van der Waals surface area contributed by atoms with Gasteiger partial charge >= 0.3 is 0 Å². The third-order valence-electron chi connectivity index (χ3n) is 3.42. The summed E-state index contributed by atoms with van der Waals surface area (Å²) in [6.07, 6.45) is 4.47. The molecule has 0 aliphatic heterocycles. The molecule has 2 atom stereocenters. The SMILES string of the molecule is CCN(CC)CCCC(C)NC(C)c1cncs1. The highest BCUT2D eigenvalue weighted by Gasteiger charge is 2.10. The summed E-state index contributed by atoms with van der Waals surface area (Å²) in [7, 11) is 0. The van der Waals surface area contributed by atoms with Crippen LogP contribution in [-0.4, -0.2) is 35.6 Å².